The van der Waals surface area contributed by atoms with Gasteiger partial charge in [-0.3, -0.25) is 4.90 Å². The molecule has 4 heterocycles. The highest BCUT2D eigenvalue weighted by Gasteiger charge is 2.40. The summed E-state index contributed by atoms with van der Waals surface area (Å²) in [6, 6.07) is 2.20. The quantitative estimate of drug-likeness (QED) is 0.842. The lowest BCUT2D eigenvalue weighted by Crippen LogP contribution is -2.29. The lowest BCUT2D eigenvalue weighted by Gasteiger charge is -2.21. The van der Waals surface area contributed by atoms with Crippen LogP contribution >= 0.6 is 0 Å². The first kappa shape index (κ1) is 13.4. The normalized spacial score (nSPS) is 27.6. The van der Waals surface area contributed by atoms with Crippen LogP contribution in [0, 0.1) is 11.8 Å². The summed E-state index contributed by atoms with van der Waals surface area (Å²) in [5, 5.41) is 7.73. The molecule has 2 atom stereocenters. The maximum absolute atomic E-state index is 5.26. The van der Waals surface area contributed by atoms with E-state index < -0.39 is 0 Å². The molecule has 7 nitrogen and oxygen atoms in total. The lowest BCUT2D eigenvalue weighted by atomic mass is 10.0. The maximum Gasteiger partial charge on any atom is 0.230 e. The molecule has 23 heavy (non-hydrogen) atoms. The summed E-state index contributed by atoms with van der Waals surface area (Å²) < 4.78 is 5.26. The molecule has 0 spiro atoms. The second kappa shape index (κ2) is 5.26. The number of rotatable bonds is 4. The van der Waals surface area contributed by atoms with Crippen molar-refractivity contribution in [3.8, 4) is 0 Å². The molecule has 120 valence electrons. The summed E-state index contributed by atoms with van der Waals surface area (Å²) in [5.41, 5.74) is 1.23. The standard InChI is InChI=1S/C16H20N6O/c1-2-11(1)14-3-15(18-9-17-14)22-6-12-4-21(5-13(12)7-22)8-16-20-19-10-23-16/h3,9-13H,1-2,4-8H2. The van der Waals surface area contributed by atoms with E-state index in [1.165, 1.54) is 24.9 Å². The number of hydrogen-bond donors (Lipinski definition) is 0. The van der Waals surface area contributed by atoms with Crippen molar-refractivity contribution in [3.63, 3.8) is 0 Å². The van der Waals surface area contributed by atoms with Crippen LogP contribution in [0.3, 0.4) is 0 Å². The SMILES string of the molecule is c1nc(C2CC2)cc(N2CC3CN(Cc4nnco4)CC3C2)n1. The van der Waals surface area contributed by atoms with E-state index in [9.17, 15) is 0 Å². The minimum absolute atomic E-state index is 0.684. The zero-order chi connectivity index (χ0) is 15.2. The monoisotopic (exact) mass is 312 g/mol. The van der Waals surface area contributed by atoms with Gasteiger partial charge in [0, 0.05) is 43.9 Å². The molecule has 2 aromatic heterocycles. The minimum Gasteiger partial charge on any atom is -0.427 e. The highest BCUT2D eigenvalue weighted by Crippen LogP contribution is 2.40. The van der Waals surface area contributed by atoms with E-state index in [-0.39, 0.29) is 0 Å². The molecule has 0 aromatic carbocycles. The minimum atomic E-state index is 0.684. The molecule has 2 unspecified atom stereocenters. The number of aromatic nitrogens is 4. The van der Waals surface area contributed by atoms with E-state index in [2.05, 4.69) is 36.0 Å². The van der Waals surface area contributed by atoms with Crippen LogP contribution in [0.1, 0.15) is 30.3 Å². The Morgan fingerprint density at radius 2 is 1.91 bits per heavy atom. The first-order valence-corrected chi connectivity index (χ1v) is 8.39. The fourth-order valence-corrected chi connectivity index (χ4v) is 4.00. The zero-order valence-electron chi connectivity index (χ0n) is 13.0. The van der Waals surface area contributed by atoms with Crippen LogP contribution in [-0.2, 0) is 6.54 Å². The first-order valence-electron chi connectivity index (χ1n) is 8.39. The molecule has 2 aromatic rings. The van der Waals surface area contributed by atoms with Crippen molar-refractivity contribution in [2.45, 2.75) is 25.3 Å². The van der Waals surface area contributed by atoms with Gasteiger partial charge in [-0.1, -0.05) is 0 Å². The maximum atomic E-state index is 5.26. The van der Waals surface area contributed by atoms with Crippen molar-refractivity contribution < 1.29 is 4.42 Å². The average molecular weight is 312 g/mol. The summed E-state index contributed by atoms with van der Waals surface area (Å²) in [6.07, 6.45) is 5.71. The van der Waals surface area contributed by atoms with Gasteiger partial charge in [0.15, 0.2) is 0 Å². The van der Waals surface area contributed by atoms with E-state index in [0.717, 1.165) is 38.5 Å². The van der Waals surface area contributed by atoms with Crippen molar-refractivity contribution in [1.82, 2.24) is 25.1 Å². The molecule has 3 fully saturated rings. The molecule has 0 radical (unpaired) electrons. The van der Waals surface area contributed by atoms with Gasteiger partial charge in [-0.05, 0) is 24.7 Å². The molecule has 2 saturated heterocycles. The highest BCUT2D eigenvalue weighted by molar-refractivity contribution is 5.42. The van der Waals surface area contributed by atoms with Crippen LogP contribution in [0.15, 0.2) is 23.2 Å². The summed E-state index contributed by atoms with van der Waals surface area (Å²) in [6.45, 7) is 5.15. The van der Waals surface area contributed by atoms with Gasteiger partial charge < -0.3 is 9.32 Å². The Morgan fingerprint density at radius 1 is 1.09 bits per heavy atom. The fraction of sp³-hybridized carbons (Fsp3) is 0.625. The number of nitrogens with zero attached hydrogens (tertiary/aromatic N) is 6. The summed E-state index contributed by atoms with van der Waals surface area (Å²) in [7, 11) is 0. The Hall–Kier alpha value is -2.02. The number of likely N-dealkylation sites (tertiary alicyclic amines) is 1. The lowest BCUT2D eigenvalue weighted by molar-refractivity contribution is 0.274. The van der Waals surface area contributed by atoms with Crippen molar-refractivity contribution in [1.29, 1.82) is 0 Å². The summed E-state index contributed by atoms with van der Waals surface area (Å²) in [4.78, 5) is 13.8. The van der Waals surface area contributed by atoms with Crippen LogP contribution < -0.4 is 4.90 Å². The van der Waals surface area contributed by atoms with Gasteiger partial charge in [0.05, 0.1) is 6.54 Å². The molecule has 0 amide bonds. The summed E-state index contributed by atoms with van der Waals surface area (Å²) in [5.74, 6) is 3.92. The smallest absolute Gasteiger partial charge is 0.230 e. The predicted octanol–water partition coefficient (Wildman–Crippen LogP) is 1.31. The Kier molecular flexibility index (Phi) is 3.07. The van der Waals surface area contributed by atoms with Gasteiger partial charge in [-0.2, -0.15) is 0 Å². The van der Waals surface area contributed by atoms with Crippen molar-refractivity contribution in [3.05, 3.63) is 30.4 Å². The second-order valence-corrected chi connectivity index (χ2v) is 7.03. The first-order chi connectivity index (χ1) is 11.3. The third-order valence-electron chi connectivity index (χ3n) is 5.32. The van der Waals surface area contributed by atoms with Crippen LogP contribution in [0.5, 0.6) is 0 Å². The predicted molar refractivity (Wildman–Crippen MR) is 82.8 cm³/mol. The van der Waals surface area contributed by atoms with E-state index in [4.69, 9.17) is 4.42 Å². The van der Waals surface area contributed by atoms with Gasteiger partial charge in [-0.25, -0.2) is 9.97 Å². The molecule has 5 rings (SSSR count). The third kappa shape index (κ3) is 2.59. The molecule has 0 N–H and O–H groups in total. The van der Waals surface area contributed by atoms with Gasteiger partial charge in [0.1, 0.15) is 12.1 Å². The largest absolute Gasteiger partial charge is 0.427 e. The van der Waals surface area contributed by atoms with Gasteiger partial charge in [0.25, 0.3) is 0 Å². The van der Waals surface area contributed by atoms with Crippen LogP contribution in [0.25, 0.3) is 0 Å². The number of hydrogen-bond acceptors (Lipinski definition) is 7. The molecular formula is C16H20N6O. The Balaban J connectivity index is 1.24. The molecule has 1 saturated carbocycles. The van der Waals surface area contributed by atoms with Gasteiger partial charge >= 0.3 is 0 Å². The van der Waals surface area contributed by atoms with Crippen LogP contribution in [0.4, 0.5) is 5.82 Å². The van der Waals surface area contributed by atoms with Crippen molar-refractivity contribution >= 4 is 5.82 Å². The van der Waals surface area contributed by atoms with Crippen LogP contribution in [0.2, 0.25) is 0 Å². The molecule has 2 aliphatic heterocycles. The Labute approximate surface area is 134 Å². The summed E-state index contributed by atoms with van der Waals surface area (Å²) >= 11 is 0. The third-order valence-corrected chi connectivity index (χ3v) is 5.32. The molecule has 3 aliphatic rings. The molecule has 0 bridgehead atoms. The van der Waals surface area contributed by atoms with Gasteiger partial charge in [0.2, 0.25) is 12.3 Å². The van der Waals surface area contributed by atoms with E-state index in [1.807, 2.05) is 0 Å². The average Bonchev–Trinajstić information content (AvgIpc) is 2.96. The van der Waals surface area contributed by atoms with E-state index in [1.54, 1.807) is 6.33 Å². The number of fused-ring (bicyclic) bond motifs is 1. The zero-order valence-corrected chi connectivity index (χ0v) is 13.0. The van der Waals surface area contributed by atoms with E-state index >= 15 is 0 Å². The van der Waals surface area contributed by atoms with Crippen LogP contribution in [-0.4, -0.2) is 51.2 Å². The van der Waals surface area contributed by atoms with Crippen molar-refractivity contribution in [2.75, 3.05) is 31.1 Å². The van der Waals surface area contributed by atoms with E-state index in [0.29, 0.717) is 23.6 Å². The fourth-order valence-electron chi connectivity index (χ4n) is 4.00. The number of anilines is 1. The topological polar surface area (TPSA) is 71.2 Å². The van der Waals surface area contributed by atoms with Gasteiger partial charge in [-0.15, -0.1) is 10.2 Å². The Bertz CT molecular complexity index is 672. The Morgan fingerprint density at radius 3 is 2.61 bits per heavy atom. The molecule has 7 heteroatoms. The molecule has 1 aliphatic carbocycles. The van der Waals surface area contributed by atoms with Crippen molar-refractivity contribution in [2.24, 2.45) is 11.8 Å². The molecular weight excluding hydrogens is 292 g/mol. The highest BCUT2D eigenvalue weighted by atomic mass is 16.4. The second-order valence-electron chi connectivity index (χ2n) is 7.03.